The maximum absolute atomic E-state index is 15.7. The van der Waals surface area contributed by atoms with Gasteiger partial charge in [0, 0.05) is 16.8 Å². The zero-order valence-electron chi connectivity index (χ0n) is 14.5. The number of nitrogens with zero attached hydrogens (tertiary/aromatic N) is 1. The van der Waals surface area contributed by atoms with E-state index in [0.29, 0.717) is 5.56 Å². The van der Waals surface area contributed by atoms with Crippen molar-refractivity contribution < 1.29 is 23.8 Å². The summed E-state index contributed by atoms with van der Waals surface area (Å²) in [4.78, 5) is 16.8. The van der Waals surface area contributed by atoms with Gasteiger partial charge in [0.25, 0.3) is 5.91 Å². The summed E-state index contributed by atoms with van der Waals surface area (Å²) in [6, 6.07) is 5.91. The molecule has 0 bridgehead atoms. The van der Waals surface area contributed by atoms with E-state index >= 15 is 4.39 Å². The number of pyridine rings is 1. The molecule has 1 aliphatic rings. The highest BCUT2D eigenvalue weighted by Gasteiger charge is 2.52. The number of aliphatic hydroxyl groups excluding tert-OH is 1. The molecule has 5 nitrogen and oxygen atoms in total. The number of benzene rings is 1. The predicted octanol–water partition coefficient (Wildman–Crippen LogP) is 2.89. The molecule has 8 heteroatoms. The Morgan fingerprint density at radius 1 is 1.41 bits per heavy atom. The predicted molar refractivity (Wildman–Crippen MR) is 95.2 cm³/mol. The Kier molecular flexibility index (Phi) is 5.20. The highest BCUT2D eigenvalue weighted by Crippen LogP contribution is 2.45. The summed E-state index contributed by atoms with van der Waals surface area (Å²) in [5.41, 5.74) is -3.81. The van der Waals surface area contributed by atoms with Crippen molar-refractivity contribution in [2.45, 2.75) is 37.1 Å². The molecule has 144 valence electrons. The van der Waals surface area contributed by atoms with Crippen molar-refractivity contribution >= 4 is 17.5 Å². The first kappa shape index (κ1) is 19.7. The van der Waals surface area contributed by atoms with Crippen molar-refractivity contribution in [1.82, 2.24) is 10.3 Å². The molecule has 1 unspecified atom stereocenters. The number of aliphatic hydroxyl groups is 2. The Labute approximate surface area is 160 Å². The van der Waals surface area contributed by atoms with E-state index in [4.69, 9.17) is 11.6 Å². The molecular weight excluding hydrogens is 378 g/mol. The number of rotatable bonds is 4. The smallest absolute Gasteiger partial charge is 0.262 e. The number of carbonyl (C=O) groups excluding carboxylic acids is 1. The number of halogens is 3. The first-order valence-electron chi connectivity index (χ1n) is 8.45. The lowest BCUT2D eigenvalue weighted by Crippen LogP contribution is -2.49. The van der Waals surface area contributed by atoms with Crippen LogP contribution in [0.2, 0.25) is 5.02 Å². The zero-order chi connectivity index (χ0) is 19.8. The van der Waals surface area contributed by atoms with Crippen LogP contribution in [-0.2, 0) is 16.1 Å². The number of carbonyl (C=O) groups is 1. The van der Waals surface area contributed by atoms with E-state index in [0.717, 1.165) is 6.07 Å². The standard InChI is InChI=1S/C19H19ClF2N2O3/c1-11(13-5-4-12(21)9-15(13)20)24-17(26)19(22)7-6-18(27,10-25)16-14(19)3-2-8-23-16/h2-5,8-9,11,25,27H,6-7,10H2,1H3,(H,24,26)/t11?,18-,19-/m0/s1. The second kappa shape index (κ2) is 7.14. The van der Waals surface area contributed by atoms with Crippen LogP contribution in [0, 0.1) is 5.82 Å². The Morgan fingerprint density at radius 2 is 2.15 bits per heavy atom. The second-order valence-corrected chi connectivity index (χ2v) is 7.16. The Bertz CT molecular complexity index is 882. The number of alkyl halides is 1. The van der Waals surface area contributed by atoms with Crippen LogP contribution >= 0.6 is 11.6 Å². The molecule has 3 N–H and O–H groups in total. The molecule has 27 heavy (non-hydrogen) atoms. The van der Waals surface area contributed by atoms with Crippen molar-refractivity contribution in [3.8, 4) is 0 Å². The van der Waals surface area contributed by atoms with Gasteiger partial charge in [-0.1, -0.05) is 23.7 Å². The van der Waals surface area contributed by atoms with E-state index in [2.05, 4.69) is 10.3 Å². The summed E-state index contributed by atoms with van der Waals surface area (Å²) < 4.78 is 29.0. The van der Waals surface area contributed by atoms with Gasteiger partial charge >= 0.3 is 0 Å². The summed E-state index contributed by atoms with van der Waals surface area (Å²) in [5.74, 6) is -1.43. The van der Waals surface area contributed by atoms with Crippen LogP contribution in [0.25, 0.3) is 0 Å². The van der Waals surface area contributed by atoms with E-state index in [1.54, 1.807) is 6.92 Å². The first-order chi connectivity index (χ1) is 12.7. The van der Waals surface area contributed by atoms with Gasteiger partial charge in [-0.25, -0.2) is 8.78 Å². The number of nitrogens with one attached hydrogen (secondary N) is 1. The first-order valence-corrected chi connectivity index (χ1v) is 8.83. The highest BCUT2D eigenvalue weighted by atomic mass is 35.5. The summed E-state index contributed by atoms with van der Waals surface area (Å²) in [6.07, 6.45) is 0.881. The number of fused-ring (bicyclic) bond motifs is 1. The second-order valence-electron chi connectivity index (χ2n) is 6.75. The quantitative estimate of drug-likeness (QED) is 0.742. The summed E-state index contributed by atoms with van der Waals surface area (Å²) in [6.45, 7) is 0.980. The Morgan fingerprint density at radius 3 is 2.81 bits per heavy atom. The van der Waals surface area contributed by atoms with E-state index in [1.165, 1.54) is 30.5 Å². The molecule has 3 atom stereocenters. The van der Waals surface area contributed by atoms with Crippen molar-refractivity contribution in [2.24, 2.45) is 0 Å². The van der Waals surface area contributed by atoms with Crippen molar-refractivity contribution in [3.05, 3.63) is 64.2 Å². The average Bonchev–Trinajstić information content (AvgIpc) is 2.65. The topological polar surface area (TPSA) is 82.5 Å². The minimum absolute atomic E-state index is 0.0520. The van der Waals surface area contributed by atoms with Crippen LogP contribution in [0.3, 0.4) is 0 Å². The molecule has 1 aliphatic carbocycles. The van der Waals surface area contributed by atoms with Crippen LogP contribution in [-0.4, -0.2) is 27.7 Å². The third kappa shape index (κ3) is 3.42. The molecule has 0 aliphatic heterocycles. The molecule has 3 rings (SSSR count). The van der Waals surface area contributed by atoms with E-state index in [-0.39, 0.29) is 29.1 Å². The van der Waals surface area contributed by atoms with Gasteiger partial charge in [0.15, 0.2) is 0 Å². The van der Waals surface area contributed by atoms with Gasteiger partial charge in [0.1, 0.15) is 11.4 Å². The fourth-order valence-electron chi connectivity index (χ4n) is 3.36. The number of hydrogen-bond donors (Lipinski definition) is 3. The third-order valence-corrected chi connectivity index (χ3v) is 5.28. The molecule has 1 heterocycles. The van der Waals surface area contributed by atoms with Gasteiger partial charge in [-0.05, 0) is 43.5 Å². The van der Waals surface area contributed by atoms with Crippen molar-refractivity contribution in [3.63, 3.8) is 0 Å². The van der Waals surface area contributed by atoms with Crippen LogP contribution in [0.1, 0.15) is 42.6 Å². The van der Waals surface area contributed by atoms with Gasteiger partial charge in [-0.15, -0.1) is 0 Å². The van der Waals surface area contributed by atoms with Crippen LogP contribution < -0.4 is 5.32 Å². The van der Waals surface area contributed by atoms with Gasteiger partial charge in [0.2, 0.25) is 5.67 Å². The minimum Gasteiger partial charge on any atom is -0.393 e. The van der Waals surface area contributed by atoms with E-state index in [9.17, 15) is 19.4 Å². The molecule has 1 amide bonds. The van der Waals surface area contributed by atoms with Gasteiger partial charge in [0.05, 0.1) is 18.3 Å². The fraction of sp³-hybridized carbons (Fsp3) is 0.368. The molecular formula is C19H19ClF2N2O3. The van der Waals surface area contributed by atoms with Gasteiger partial charge in [-0.3, -0.25) is 9.78 Å². The van der Waals surface area contributed by atoms with Crippen LogP contribution in [0.15, 0.2) is 36.5 Å². The lowest BCUT2D eigenvalue weighted by atomic mass is 9.74. The molecule has 0 saturated heterocycles. The number of aromatic nitrogens is 1. The van der Waals surface area contributed by atoms with E-state index < -0.39 is 35.6 Å². The highest BCUT2D eigenvalue weighted by molar-refractivity contribution is 6.31. The van der Waals surface area contributed by atoms with Crippen molar-refractivity contribution in [2.75, 3.05) is 6.61 Å². The van der Waals surface area contributed by atoms with Crippen LogP contribution in [0.4, 0.5) is 8.78 Å². The maximum Gasteiger partial charge on any atom is 0.262 e. The van der Waals surface area contributed by atoms with E-state index in [1.807, 2.05) is 0 Å². The monoisotopic (exact) mass is 396 g/mol. The molecule has 1 aromatic heterocycles. The Balaban J connectivity index is 1.91. The summed E-state index contributed by atoms with van der Waals surface area (Å²) >= 11 is 6.01. The molecule has 0 radical (unpaired) electrons. The minimum atomic E-state index is -2.42. The van der Waals surface area contributed by atoms with Crippen LogP contribution in [0.5, 0.6) is 0 Å². The Hall–Kier alpha value is -2.09. The molecule has 0 fully saturated rings. The maximum atomic E-state index is 15.7. The largest absolute Gasteiger partial charge is 0.393 e. The molecule has 2 aromatic rings. The SMILES string of the molecule is CC(NC(=O)[C@]1(F)CC[C@](O)(CO)c2ncccc21)c1ccc(F)cc1Cl. The molecule has 0 spiro atoms. The lowest BCUT2D eigenvalue weighted by Gasteiger charge is -2.39. The van der Waals surface area contributed by atoms with Gasteiger partial charge < -0.3 is 15.5 Å². The number of amides is 1. The van der Waals surface area contributed by atoms with Gasteiger partial charge in [-0.2, -0.15) is 0 Å². The molecule has 0 saturated carbocycles. The fourth-order valence-corrected chi connectivity index (χ4v) is 3.69. The molecule has 1 aromatic carbocycles. The summed E-state index contributed by atoms with van der Waals surface area (Å²) in [5, 5.41) is 22.7. The van der Waals surface area contributed by atoms with Crippen molar-refractivity contribution in [1.29, 1.82) is 0 Å². The lowest BCUT2D eigenvalue weighted by molar-refractivity contribution is -0.138. The normalized spacial score (nSPS) is 25.6. The summed E-state index contributed by atoms with van der Waals surface area (Å²) in [7, 11) is 0. The number of hydrogen-bond acceptors (Lipinski definition) is 4. The third-order valence-electron chi connectivity index (χ3n) is 4.96. The zero-order valence-corrected chi connectivity index (χ0v) is 15.3. The average molecular weight is 397 g/mol.